The van der Waals surface area contributed by atoms with Crippen LogP contribution in [0.1, 0.15) is 18.1 Å². The molecule has 1 N–H and O–H groups in total. The monoisotopic (exact) mass is 232 g/mol. The number of nitrogens with one attached hydrogen (secondary N) is 1. The molecule has 2 heterocycles. The molecule has 2 aliphatic heterocycles. The molecule has 0 bridgehead atoms. The number of hydrogen-bond donors (Lipinski definition) is 1. The van der Waals surface area contributed by atoms with E-state index in [9.17, 15) is 0 Å². The summed E-state index contributed by atoms with van der Waals surface area (Å²) in [6, 6.07) is 7.26. The summed E-state index contributed by atoms with van der Waals surface area (Å²) in [6.07, 6.45) is 1.07. The zero-order valence-corrected chi connectivity index (χ0v) is 10.4. The molecular formula is C14H20N2O. The fourth-order valence-corrected chi connectivity index (χ4v) is 2.75. The van der Waals surface area contributed by atoms with Crippen LogP contribution in [0.5, 0.6) is 5.75 Å². The number of piperazine rings is 1. The summed E-state index contributed by atoms with van der Waals surface area (Å²) in [6.45, 7) is 7.58. The van der Waals surface area contributed by atoms with E-state index in [1.807, 2.05) is 0 Å². The van der Waals surface area contributed by atoms with Gasteiger partial charge in [0.15, 0.2) is 0 Å². The Hall–Kier alpha value is -1.06. The Morgan fingerprint density at radius 1 is 1.47 bits per heavy atom. The summed E-state index contributed by atoms with van der Waals surface area (Å²) in [4.78, 5) is 2.53. The Kier molecular flexibility index (Phi) is 3.04. The minimum Gasteiger partial charge on any atom is -0.493 e. The van der Waals surface area contributed by atoms with Crippen molar-refractivity contribution in [2.75, 3.05) is 26.2 Å². The minimum absolute atomic E-state index is 0.613. The molecule has 0 radical (unpaired) electrons. The van der Waals surface area contributed by atoms with Crippen LogP contribution < -0.4 is 10.1 Å². The summed E-state index contributed by atoms with van der Waals surface area (Å²) in [5.74, 6) is 1.09. The molecule has 3 rings (SSSR count). The van der Waals surface area contributed by atoms with Gasteiger partial charge in [-0.3, -0.25) is 4.90 Å². The number of fused-ring (bicyclic) bond motifs is 1. The zero-order valence-electron chi connectivity index (χ0n) is 10.4. The molecular weight excluding hydrogens is 212 g/mol. The van der Waals surface area contributed by atoms with Crippen LogP contribution in [-0.2, 0) is 13.0 Å². The molecule has 0 aliphatic carbocycles. The SMILES string of the molecule is C[C@H]1CN(Cc2ccc3c(c2)CCO3)CCN1. The fourth-order valence-electron chi connectivity index (χ4n) is 2.75. The lowest BCUT2D eigenvalue weighted by Crippen LogP contribution is -2.48. The summed E-state index contributed by atoms with van der Waals surface area (Å²) < 4.78 is 5.54. The van der Waals surface area contributed by atoms with Gasteiger partial charge in [-0.1, -0.05) is 12.1 Å². The summed E-state index contributed by atoms with van der Waals surface area (Å²) in [7, 11) is 0. The van der Waals surface area contributed by atoms with Gasteiger partial charge >= 0.3 is 0 Å². The van der Waals surface area contributed by atoms with E-state index in [1.54, 1.807) is 0 Å². The largest absolute Gasteiger partial charge is 0.493 e. The maximum absolute atomic E-state index is 5.54. The van der Waals surface area contributed by atoms with Crippen LogP contribution in [0.4, 0.5) is 0 Å². The van der Waals surface area contributed by atoms with E-state index < -0.39 is 0 Å². The van der Waals surface area contributed by atoms with E-state index in [4.69, 9.17) is 4.74 Å². The molecule has 0 unspecified atom stereocenters. The van der Waals surface area contributed by atoms with Gasteiger partial charge in [0, 0.05) is 38.6 Å². The highest BCUT2D eigenvalue weighted by molar-refractivity contribution is 5.39. The van der Waals surface area contributed by atoms with Crippen molar-refractivity contribution >= 4 is 0 Å². The van der Waals surface area contributed by atoms with E-state index in [0.717, 1.165) is 45.0 Å². The lowest BCUT2D eigenvalue weighted by atomic mass is 10.1. The van der Waals surface area contributed by atoms with Crippen molar-refractivity contribution in [1.29, 1.82) is 0 Å². The summed E-state index contributed by atoms with van der Waals surface area (Å²) in [5.41, 5.74) is 2.80. The van der Waals surface area contributed by atoms with E-state index in [2.05, 4.69) is 35.3 Å². The van der Waals surface area contributed by atoms with Crippen LogP contribution in [0, 0.1) is 0 Å². The first-order valence-electron chi connectivity index (χ1n) is 6.51. The normalized spacial score (nSPS) is 24.4. The summed E-state index contributed by atoms with van der Waals surface area (Å²) >= 11 is 0. The van der Waals surface area contributed by atoms with Crippen molar-refractivity contribution in [3.8, 4) is 5.75 Å². The molecule has 0 saturated carbocycles. The van der Waals surface area contributed by atoms with Gasteiger partial charge in [-0.2, -0.15) is 0 Å². The van der Waals surface area contributed by atoms with Crippen LogP contribution in [0.3, 0.4) is 0 Å². The highest BCUT2D eigenvalue weighted by Crippen LogP contribution is 2.26. The fraction of sp³-hybridized carbons (Fsp3) is 0.571. The molecule has 1 aromatic rings. The predicted octanol–water partition coefficient (Wildman–Crippen LogP) is 1.42. The minimum atomic E-state index is 0.613. The van der Waals surface area contributed by atoms with Crippen LogP contribution in [0.25, 0.3) is 0 Å². The van der Waals surface area contributed by atoms with Gasteiger partial charge in [-0.25, -0.2) is 0 Å². The highest BCUT2D eigenvalue weighted by Gasteiger charge is 2.17. The first-order chi connectivity index (χ1) is 8.31. The van der Waals surface area contributed by atoms with Crippen LogP contribution >= 0.6 is 0 Å². The number of ether oxygens (including phenoxy) is 1. The molecule has 1 saturated heterocycles. The van der Waals surface area contributed by atoms with Crippen molar-refractivity contribution in [3.63, 3.8) is 0 Å². The van der Waals surface area contributed by atoms with Crippen LogP contribution in [0.15, 0.2) is 18.2 Å². The van der Waals surface area contributed by atoms with Crippen LogP contribution in [0.2, 0.25) is 0 Å². The Morgan fingerprint density at radius 2 is 2.41 bits per heavy atom. The van der Waals surface area contributed by atoms with Gasteiger partial charge in [-0.05, 0) is 24.1 Å². The van der Waals surface area contributed by atoms with E-state index in [0.29, 0.717) is 6.04 Å². The maximum Gasteiger partial charge on any atom is 0.122 e. The van der Waals surface area contributed by atoms with E-state index in [1.165, 1.54) is 11.1 Å². The average molecular weight is 232 g/mol. The standard InChI is InChI=1S/C14H20N2O/c1-11-9-16(6-5-15-11)10-12-2-3-14-13(8-12)4-7-17-14/h2-3,8,11,15H,4-7,9-10H2,1H3/t11-/m0/s1. The first-order valence-corrected chi connectivity index (χ1v) is 6.51. The number of benzene rings is 1. The molecule has 17 heavy (non-hydrogen) atoms. The average Bonchev–Trinajstić information content (AvgIpc) is 2.76. The molecule has 1 aromatic carbocycles. The number of rotatable bonds is 2. The van der Waals surface area contributed by atoms with Crippen molar-refractivity contribution in [2.24, 2.45) is 0 Å². The van der Waals surface area contributed by atoms with Crippen LogP contribution in [-0.4, -0.2) is 37.2 Å². The molecule has 3 heteroatoms. The Morgan fingerprint density at radius 3 is 3.29 bits per heavy atom. The number of hydrogen-bond acceptors (Lipinski definition) is 3. The number of nitrogens with zero attached hydrogens (tertiary/aromatic N) is 1. The molecule has 92 valence electrons. The second-order valence-corrected chi connectivity index (χ2v) is 5.13. The summed E-state index contributed by atoms with van der Waals surface area (Å²) in [5, 5.41) is 3.48. The van der Waals surface area contributed by atoms with Gasteiger partial charge in [0.2, 0.25) is 0 Å². The van der Waals surface area contributed by atoms with Gasteiger partial charge in [0.05, 0.1) is 6.61 Å². The first kappa shape index (κ1) is 11.1. The molecule has 2 aliphatic rings. The van der Waals surface area contributed by atoms with Crippen molar-refractivity contribution in [3.05, 3.63) is 29.3 Å². The van der Waals surface area contributed by atoms with Crippen molar-refractivity contribution in [2.45, 2.75) is 25.9 Å². The Labute approximate surface area is 103 Å². The molecule has 0 amide bonds. The van der Waals surface area contributed by atoms with Gasteiger partial charge in [0.25, 0.3) is 0 Å². The quantitative estimate of drug-likeness (QED) is 0.834. The molecule has 1 fully saturated rings. The second kappa shape index (κ2) is 4.67. The topological polar surface area (TPSA) is 24.5 Å². The van der Waals surface area contributed by atoms with Crippen molar-refractivity contribution < 1.29 is 4.74 Å². The predicted molar refractivity (Wildman–Crippen MR) is 68.4 cm³/mol. The molecule has 3 nitrogen and oxygen atoms in total. The molecule has 0 spiro atoms. The van der Waals surface area contributed by atoms with E-state index in [-0.39, 0.29) is 0 Å². The maximum atomic E-state index is 5.54. The van der Waals surface area contributed by atoms with Crippen molar-refractivity contribution in [1.82, 2.24) is 10.2 Å². The molecule has 1 atom stereocenters. The Bertz CT molecular complexity index is 405. The molecule has 0 aromatic heterocycles. The van der Waals surface area contributed by atoms with Gasteiger partial charge < -0.3 is 10.1 Å². The van der Waals surface area contributed by atoms with Gasteiger partial charge in [-0.15, -0.1) is 0 Å². The second-order valence-electron chi connectivity index (χ2n) is 5.13. The zero-order chi connectivity index (χ0) is 11.7. The Balaban J connectivity index is 1.68. The lowest BCUT2D eigenvalue weighted by Gasteiger charge is -2.31. The van der Waals surface area contributed by atoms with E-state index >= 15 is 0 Å². The third-order valence-electron chi connectivity index (χ3n) is 3.61. The lowest BCUT2D eigenvalue weighted by molar-refractivity contribution is 0.199. The highest BCUT2D eigenvalue weighted by atomic mass is 16.5. The smallest absolute Gasteiger partial charge is 0.122 e. The van der Waals surface area contributed by atoms with Gasteiger partial charge in [0.1, 0.15) is 5.75 Å². The third-order valence-corrected chi connectivity index (χ3v) is 3.61. The third kappa shape index (κ3) is 2.45.